The largest absolute Gasteiger partial charge is 0.334 e. The van der Waals surface area contributed by atoms with Crippen LogP contribution >= 0.6 is 22.9 Å². The summed E-state index contributed by atoms with van der Waals surface area (Å²) in [5.74, 6) is 0. The van der Waals surface area contributed by atoms with Gasteiger partial charge in [0.15, 0.2) is 0 Å². The van der Waals surface area contributed by atoms with Crippen LogP contribution in [-0.2, 0) is 0 Å². The molecule has 0 bridgehead atoms. The topological polar surface area (TPSA) is 54.9 Å². The highest BCUT2D eigenvalue weighted by Crippen LogP contribution is 2.25. The van der Waals surface area contributed by atoms with Gasteiger partial charge < -0.3 is 0 Å². The Morgan fingerprint density at radius 3 is 2.62 bits per heavy atom. The molecule has 2 aromatic heterocycles. The second-order valence-corrected chi connectivity index (χ2v) is 5.71. The summed E-state index contributed by atoms with van der Waals surface area (Å²) in [7, 11) is 0. The maximum absolute atomic E-state index is 12.7. The number of aromatic nitrogens is 2. The molecule has 0 spiro atoms. The summed E-state index contributed by atoms with van der Waals surface area (Å²) in [6.07, 6.45) is 0. The summed E-state index contributed by atoms with van der Waals surface area (Å²) in [6, 6.07) is 9.14. The third-order valence-corrected chi connectivity index (χ3v) is 4.19. The minimum Gasteiger partial charge on any atom is -0.297 e. The Bertz CT molecular complexity index is 910. The number of nitrogens with zero attached hydrogens (tertiary/aromatic N) is 1. The van der Waals surface area contributed by atoms with E-state index in [1.807, 2.05) is 36.6 Å². The van der Waals surface area contributed by atoms with Gasteiger partial charge in [0.05, 0.1) is 11.3 Å². The number of hydrogen-bond donors (Lipinski definition) is 1. The van der Waals surface area contributed by atoms with E-state index in [0.29, 0.717) is 16.8 Å². The predicted octanol–water partition coefficient (Wildman–Crippen LogP) is 3.22. The number of H-pyrrole nitrogens is 1. The third kappa shape index (κ3) is 2.34. The predicted molar refractivity (Wildman–Crippen MR) is 85.7 cm³/mol. The number of rotatable bonds is 2. The Morgan fingerprint density at radius 2 is 1.95 bits per heavy atom. The van der Waals surface area contributed by atoms with Gasteiger partial charge in [-0.2, -0.15) is 11.3 Å². The zero-order valence-electron chi connectivity index (χ0n) is 11.1. The standard InChI is InChI=1S/C15H11ClN2O2S/c1-9-4-2-3-5-11(9)12-13(16)17-15(20)18(14(12)19)10-6-7-21-8-10/h2-8H,1H3,(H,17,20). The Hall–Kier alpha value is -2.11. The molecule has 0 saturated heterocycles. The number of aryl methyl sites for hydroxylation is 1. The molecule has 6 heteroatoms. The molecule has 0 amide bonds. The van der Waals surface area contributed by atoms with Crippen molar-refractivity contribution in [3.05, 3.63) is 72.6 Å². The molecule has 0 fully saturated rings. The Labute approximate surface area is 129 Å². The van der Waals surface area contributed by atoms with Gasteiger partial charge in [-0.1, -0.05) is 35.9 Å². The normalized spacial score (nSPS) is 10.8. The van der Waals surface area contributed by atoms with E-state index < -0.39 is 11.2 Å². The van der Waals surface area contributed by atoms with E-state index in [4.69, 9.17) is 11.6 Å². The highest BCUT2D eigenvalue weighted by molar-refractivity contribution is 7.08. The Balaban J connectivity index is 2.38. The summed E-state index contributed by atoms with van der Waals surface area (Å²) >= 11 is 7.52. The first-order valence-electron chi connectivity index (χ1n) is 6.23. The molecule has 3 rings (SSSR count). The van der Waals surface area contributed by atoms with Gasteiger partial charge in [-0.3, -0.25) is 9.78 Å². The fourth-order valence-corrected chi connectivity index (χ4v) is 3.10. The molecule has 106 valence electrons. The number of hydrogen-bond acceptors (Lipinski definition) is 3. The SMILES string of the molecule is Cc1ccccc1-c1c(Cl)[nH]c(=O)n(-c2ccsc2)c1=O. The highest BCUT2D eigenvalue weighted by atomic mass is 35.5. The monoisotopic (exact) mass is 318 g/mol. The van der Waals surface area contributed by atoms with Crippen LogP contribution < -0.4 is 11.2 Å². The molecule has 0 radical (unpaired) electrons. The van der Waals surface area contributed by atoms with Gasteiger partial charge in [0.2, 0.25) is 0 Å². The minimum atomic E-state index is -0.541. The fraction of sp³-hybridized carbons (Fsp3) is 0.0667. The smallest absolute Gasteiger partial charge is 0.297 e. The van der Waals surface area contributed by atoms with Crippen molar-refractivity contribution in [1.82, 2.24) is 9.55 Å². The van der Waals surface area contributed by atoms with Crippen molar-refractivity contribution >= 4 is 22.9 Å². The second-order valence-electron chi connectivity index (χ2n) is 4.56. The number of benzene rings is 1. The van der Waals surface area contributed by atoms with Gasteiger partial charge in [-0.15, -0.1) is 0 Å². The molecule has 4 nitrogen and oxygen atoms in total. The molecular formula is C15H11ClN2O2S. The zero-order valence-corrected chi connectivity index (χ0v) is 12.7. The van der Waals surface area contributed by atoms with Crippen LogP contribution in [0.3, 0.4) is 0 Å². The van der Waals surface area contributed by atoms with Crippen molar-refractivity contribution in [3.63, 3.8) is 0 Å². The van der Waals surface area contributed by atoms with E-state index in [1.165, 1.54) is 11.3 Å². The van der Waals surface area contributed by atoms with Crippen molar-refractivity contribution in [2.75, 3.05) is 0 Å². The van der Waals surface area contributed by atoms with Crippen molar-refractivity contribution in [2.45, 2.75) is 6.92 Å². The maximum Gasteiger partial charge on any atom is 0.334 e. The number of halogens is 1. The van der Waals surface area contributed by atoms with Crippen molar-refractivity contribution in [3.8, 4) is 16.8 Å². The van der Waals surface area contributed by atoms with Crippen LogP contribution in [0.4, 0.5) is 0 Å². The number of aromatic amines is 1. The maximum atomic E-state index is 12.7. The number of nitrogens with one attached hydrogen (secondary N) is 1. The minimum absolute atomic E-state index is 0.0609. The summed E-state index contributed by atoms with van der Waals surface area (Å²) in [5.41, 5.74) is 1.52. The van der Waals surface area contributed by atoms with Gasteiger partial charge in [0, 0.05) is 5.38 Å². The van der Waals surface area contributed by atoms with Crippen LogP contribution in [0.25, 0.3) is 16.8 Å². The molecule has 1 aromatic carbocycles. The highest BCUT2D eigenvalue weighted by Gasteiger charge is 2.17. The average molecular weight is 319 g/mol. The number of thiophene rings is 1. The van der Waals surface area contributed by atoms with Crippen molar-refractivity contribution in [1.29, 1.82) is 0 Å². The summed E-state index contributed by atoms with van der Waals surface area (Å²) in [6.45, 7) is 1.89. The Morgan fingerprint density at radius 1 is 1.19 bits per heavy atom. The average Bonchev–Trinajstić information content (AvgIpc) is 2.94. The molecule has 2 heterocycles. The lowest BCUT2D eigenvalue weighted by molar-refractivity contribution is 0.882. The van der Waals surface area contributed by atoms with E-state index in [2.05, 4.69) is 4.98 Å². The van der Waals surface area contributed by atoms with Crippen molar-refractivity contribution in [2.24, 2.45) is 0 Å². The summed E-state index contributed by atoms with van der Waals surface area (Å²) < 4.78 is 1.10. The van der Waals surface area contributed by atoms with Gasteiger partial charge in [-0.25, -0.2) is 9.36 Å². The van der Waals surface area contributed by atoms with Crippen LogP contribution in [0, 0.1) is 6.92 Å². The molecule has 3 aromatic rings. The van der Waals surface area contributed by atoms with E-state index in [-0.39, 0.29) is 5.15 Å². The first-order chi connectivity index (χ1) is 10.1. The quantitative estimate of drug-likeness (QED) is 0.738. The van der Waals surface area contributed by atoms with Crippen LogP contribution in [-0.4, -0.2) is 9.55 Å². The van der Waals surface area contributed by atoms with Crippen LogP contribution in [0.2, 0.25) is 5.15 Å². The molecule has 0 unspecified atom stereocenters. The van der Waals surface area contributed by atoms with E-state index in [0.717, 1.165) is 10.1 Å². The third-order valence-electron chi connectivity index (χ3n) is 3.23. The van der Waals surface area contributed by atoms with Gasteiger partial charge >= 0.3 is 5.69 Å². The first kappa shape index (κ1) is 13.9. The molecule has 0 aliphatic carbocycles. The molecule has 0 atom stereocenters. The lowest BCUT2D eigenvalue weighted by Gasteiger charge is -2.10. The molecule has 0 aliphatic heterocycles. The lowest BCUT2D eigenvalue weighted by Crippen LogP contribution is -2.34. The van der Waals surface area contributed by atoms with Gasteiger partial charge in [-0.05, 0) is 29.5 Å². The van der Waals surface area contributed by atoms with E-state index >= 15 is 0 Å². The molecule has 0 aliphatic rings. The molecule has 21 heavy (non-hydrogen) atoms. The molecule has 1 N–H and O–H groups in total. The summed E-state index contributed by atoms with van der Waals surface area (Å²) in [5, 5.41) is 3.61. The van der Waals surface area contributed by atoms with Crippen LogP contribution in [0.5, 0.6) is 0 Å². The molecule has 0 saturated carbocycles. The molecular weight excluding hydrogens is 308 g/mol. The fourth-order valence-electron chi connectivity index (χ4n) is 2.22. The van der Waals surface area contributed by atoms with E-state index in [1.54, 1.807) is 11.4 Å². The van der Waals surface area contributed by atoms with Crippen molar-refractivity contribution < 1.29 is 0 Å². The summed E-state index contributed by atoms with van der Waals surface area (Å²) in [4.78, 5) is 27.3. The van der Waals surface area contributed by atoms with E-state index in [9.17, 15) is 9.59 Å². The first-order valence-corrected chi connectivity index (χ1v) is 7.55. The lowest BCUT2D eigenvalue weighted by atomic mass is 10.0. The van der Waals surface area contributed by atoms with Gasteiger partial charge in [0.25, 0.3) is 5.56 Å². The zero-order chi connectivity index (χ0) is 15.0. The van der Waals surface area contributed by atoms with Gasteiger partial charge in [0.1, 0.15) is 5.15 Å². The second kappa shape index (κ2) is 5.35. The Kier molecular flexibility index (Phi) is 3.53. The van der Waals surface area contributed by atoms with Crippen LogP contribution in [0.1, 0.15) is 5.56 Å². The van der Waals surface area contributed by atoms with Crippen LogP contribution in [0.15, 0.2) is 50.7 Å².